The lowest BCUT2D eigenvalue weighted by molar-refractivity contribution is -0.384. The second-order valence-electron chi connectivity index (χ2n) is 7.55. The van der Waals surface area contributed by atoms with Crippen LogP contribution in [0.4, 0.5) is 5.69 Å². The van der Waals surface area contributed by atoms with E-state index in [4.69, 9.17) is 4.74 Å². The summed E-state index contributed by atoms with van der Waals surface area (Å²) in [4.78, 5) is 40.4. The smallest absolute Gasteiger partial charge is 0.336 e. The van der Waals surface area contributed by atoms with E-state index in [1.165, 1.54) is 41.2 Å². The Labute approximate surface area is 213 Å². The summed E-state index contributed by atoms with van der Waals surface area (Å²) in [6.07, 6.45) is 4.51. The Morgan fingerprint density at radius 1 is 1.17 bits per heavy atom. The number of hydrogen-bond donors (Lipinski definition) is 0. The molecule has 0 aliphatic carbocycles. The number of carbonyl (C=O) groups excluding carboxylic acids is 1. The molecule has 0 radical (unpaired) electrons. The number of carbonyl (C=O) groups is 1. The van der Waals surface area contributed by atoms with Crippen LogP contribution in [0.3, 0.4) is 0 Å². The van der Waals surface area contributed by atoms with Gasteiger partial charge >= 0.3 is 5.97 Å². The van der Waals surface area contributed by atoms with Gasteiger partial charge in [-0.3, -0.25) is 14.9 Å². The first kappa shape index (κ1) is 24.7. The summed E-state index contributed by atoms with van der Waals surface area (Å²) in [6, 6.07) is 17.9. The minimum atomic E-state index is -0.683. The third-order valence-corrected chi connectivity index (χ3v) is 5.62. The van der Waals surface area contributed by atoms with Crippen molar-refractivity contribution < 1.29 is 14.5 Å². The van der Waals surface area contributed by atoms with E-state index in [1.54, 1.807) is 42.5 Å². The molecule has 0 amide bonds. The molecular weight excluding hydrogens is 528 g/mol. The van der Waals surface area contributed by atoms with Crippen LogP contribution in [0.25, 0.3) is 17.0 Å². The van der Waals surface area contributed by atoms with E-state index in [1.807, 2.05) is 13.0 Å². The van der Waals surface area contributed by atoms with Gasteiger partial charge in [0.1, 0.15) is 11.6 Å². The van der Waals surface area contributed by atoms with Gasteiger partial charge in [-0.25, -0.2) is 9.78 Å². The second kappa shape index (κ2) is 10.9. The van der Waals surface area contributed by atoms with Crippen molar-refractivity contribution in [2.45, 2.75) is 13.3 Å². The monoisotopic (exact) mass is 546 g/mol. The molecule has 0 saturated carbocycles. The number of rotatable bonds is 7. The number of aromatic nitrogens is 2. The van der Waals surface area contributed by atoms with E-state index in [-0.39, 0.29) is 17.0 Å². The van der Waals surface area contributed by atoms with Crippen LogP contribution in [-0.4, -0.2) is 26.8 Å². The molecule has 180 valence electrons. The topological polar surface area (TPSA) is 117 Å². The predicted octanol–water partition coefficient (Wildman–Crippen LogP) is 5.13. The molecule has 3 aromatic carbocycles. The van der Waals surface area contributed by atoms with Crippen molar-refractivity contribution in [3.63, 3.8) is 0 Å². The third kappa shape index (κ3) is 5.61. The number of para-hydroxylation sites is 1. The van der Waals surface area contributed by atoms with E-state index in [2.05, 4.69) is 26.0 Å². The largest absolute Gasteiger partial charge is 0.423 e. The van der Waals surface area contributed by atoms with E-state index < -0.39 is 10.9 Å². The number of halogens is 1. The molecular formula is C26H19BrN4O5. The van der Waals surface area contributed by atoms with Crippen molar-refractivity contribution in [2.24, 2.45) is 5.10 Å². The minimum Gasteiger partial charge on any atom is -0.423 e. The number of benzene rings is 3. The average molecular weight is 547 g/mol. The van der Waals surface area contributed by atoms with Gasteiger partial charge in [0.2, 0.25) is 0 Å². The Morgan fingerprint density at radius 2 is 1.97 bits per heavy atom. The minimum absolute atomic E-state index is 0.0817. The van der Waals surface area contributed by atoms with Gasteiger partial charge in [0.15, 0.2) is 0 Å². The molecule has 0 aliphatic rings. The van der Waals surface area contributed by atoms with Gasteiger partial charge in [-0.2, -0.15) is 9.78 Å². The first-order valence-electron chi connectivity index (χ1n) is 10.8. The number of hydrogen-bond acceptors (Lipinski definition) is 7. The highest BCUT2D eigenvalue weighted by Gasteiger charge is 2.11. The molecule has 0 fully saturated rings. The fourth-order valence-electron chi connectivity index (χ4n) is 3.40. The lowest BCUT2D eigenvalue weighted by Crippen LogP contribution is -2.22. The number of nitro groups is 1. The maximum absolute atomic E-state index is 13.0. The average Bonchev–Trinajstić information content (AvgIpc) is 2.88. The first-order valence-corrected chi connectivity index (χ1v) is 11.6. The molecule has 9 nitrogen and oxygen atoms in total. The molecule has 0 saturated heterocycles. The summed E-state index contributed by atoms with van der Waals surface area (Å²) in [5, 5.41) is 15.7. The van der Waals surface area contributed by atoms with Crippen molar-refractivity contribution in [2.75, 3.05) is 0 Å². The van der Waals surface area contributed by atoms with Gasteiger partial charge in [-0.1, -0.05) is 47.1 Å². The fourth-order valence-corrected chi connectivity index (χ4v) is 3.78. The van der Waals surface area contributed by atoms with Gasteiger partial charge in [0.05, 0.1) is 22.0 Å². The first-order chi connectivity index (χ1) is 17.4. The summed E-state index contributed by atoms with van der Waals surface area (Å²) < 4.78 is 7.42. The van der Waals surface area contributed by atoms with E-state index >= 15 is 0 Å². The van der Waals surface area contributed by atoms with Crippen LogP contribution in [0.2, 0.25) is 0 Å². The zero-order valence-corrected chi connectivity index (χ0v) is 20.6. The van der Waals surface area contributed by atoms with E-state index in [9.17, 15) is 19.7 Å². The highest BCUT2D eigenvalue weighted by atomic mass is 79.9. The van der Waals surface area contributed by atoms with Crippen LogP contribution >= 0.6 is 15.9 Å². The van der Waals surface area contributed by atoms with E-state index in [0.29, 0.717) is 34.3 Å². The Hall–Kier alpha value is -4.44. The molecule has 1 aromatic heterocycles. The zero-order valence-electron chi connectivity index (χ0n) is 19.0. The normalized spacial score (nSPS) is 11.4. The van der Waals surface area contributed by atoms with Crippen LogP contribution < -0.4 is 10.3 Å². The van der Waals surface area contributed by atoms with E-state index in [0.717, 1.165) is 4.47 Å². The lowest BCUT2D eigenvalue weighted by atomic mass is 10.2. The summed E-state index contributed by atoms with van der Waals surface area (Å²) in [5.41, 5.74) is 1.14. The quantitative estimate of drug-likeness (QED) is 0.0791. The Morgan fingerprint density at radius 3 is 2.75 bits per heavy atom. The highest BCUT2D eigenvalue weighted by Crippen LogP contribution is 2.23. The van der Waals surface area contributed by atoms with Crippen molar-refractivity contribution in [1.29, 1.82) is 0 Å². The zero-order chi connectivity index (χ0) is 25.7. The van der Waals surface area contributed by atoms with Crippen LogP contribution in [0.15, 0.2) is 87.2 Å². The standard InChI is InChI=1S/C26H19BrN4O5/c1-2-24-29-22-9-4-3-8-21(22)26(33)30(24)28-16-18-15-19(27)11-12-23(18)36-25(32)13-10-17-6-5-7-20(14-17)31(34)35/h3-16H,2H2,1H3/b13-10+,28-16?. The number of fused-ring (bicyclic) bond motifs is 1. The predicted molar refractivity (Wildman–Crippen MR) is 140 cm³/mol. The summed E-state index contributed by atoms with van der Waals surface area (Å²) in [6.45, 7) is 1.88. The van der Waals surface area contributed by atoms with Crippen molar-refractivity contribution in [3.05, 3.63) is 115 Å². The maximum Gasteiger partial charge on any atom is 0.336 e. The molecule has 4 aromatic rings. The number of aryl methyl sites for hydroxylation is 1. The summed E-state index contributed by atoms with van der Waals surface area (Å²) in [5.74, 6) is 0.0242. The number of ether oxygens (including phenoxy) is 1. The molecule has 4 rings (SSSR count). The van der Waals surface area contributed by atoms with Gasteiger partial charge in [-0.05, 0) is 42.0 Å². The summed E-state index contributed by atoms with van der Waals surface area (Å²) in [7, 11) is 0. The van der Waals surface area contributed by atoms with Crippen LogP contribution in [0.1, 0.15) is 23.9 Å². The van der Waals surface area contributed by atoms with Crippen LogP contribution in [0, 0.1) is 10.1 Å². The van der Waals surface area contributed by atoms with Gasteiger partial charge in [-0.15, -0.1) is 0 Å². The van der Waals surface area contributed by atoms with Crippen molar-refractivity contribution in [1.82, 2.24) is 9.66 Å². The maximum atomic E-state index is 13.0. The molecule has 36 heavy (non-hydrogen) atoms. The Balaban J connectivity index is 1.61. The molecule has 0 unspecified atom stereocenters. The summed E-state index contributed by atoms with van der Waals surface area (Å²) >= 11 is 3.39. The van der Waals surface area contributed by atoms with Gasteiger partial charge in [0.25, 0.3) is 11.2 Å². The van der Waals surface area contributed by atoms with Gasteiger partial charge < -0.3 is 4.74 Å². The molecule has 0 N–H and O–H groups in total. The molecule has 0 atom stereocenters. The van der Waals surface area contributed by atoms with Gasteiger partial charge in [0, 0.05) is 34.7 Å². The number of esters is 1. The number of nitro benzene ring substituents is 1. The van der Waals surface area contributed by atoms with Crippen molar-refractivity contribution >= 4 is 50.8 Å². The second-order valence-corrected chi connectivity index (χ2v) is 8.46. The lowest BCUT2D eigenvalue weighted by Gasteiger charge is -2.09. The third-order valence-electron chi connectivity index (χ3n) is 5.12. The molecule has 10 heteroatoms. The Bertz CT molecular complexity index is 1590. The molecule has 0 aliphatic heterocycles. The van der Waals surface area contributed by atoms with Crippen LogP contribution in [0.5, 0.6) is 5.75 Å². The molecule has 0 spiro atoms. The molecule has 1 heterocycles. The SMILES string of the molecule is CCc1nc2ccccc2c(=O)n1N=Cc1cc(Br)ccc1OC(=O)/C=C/c1cccc([N+](=O)[O-])c1. The fraction of sp³-hybridized carbons (Fsp3) is 0.0769. The number of non-ortho nitro benzene ring substituents is 1. The number of nitrogens with zero attached hydrogens (tertiary/aromatic N) is 4. The van der Waals surface area contributed by atoms with Crippen LogP contribution in [-0.2, 0) is 11.2 Å². The Kier molecular flexibility index (Phi) is 7.45. The molecule has 0 bridgehead atoms. The van der Waals surface area contributed by atoms with Crippen molar-refractivity contribution in [3.8, 4) is 5.75 Å². The highest BCUT2D eigenvalue weighted by molar-refractivity contribution is 9.10.